The molecule has 2 aromatic carbocycles. The molecule has 2 aromatic heterocycles. The van der Waals surface area contributed by atoms with Gasteiger partial charge in [-0.2, -0.15) is 5.10 Å². The molecule has 4 aromatic rings. The molecule has 2 heterocycles. The fraction of sp³-hybridized carbons (Fsp3) is 0.136. The van der Waals surface area contributed by atoms with E-state index >= 15 is 0 Å². The van der Waals surface area contributed by atoms with Crippen LogP contribution >= 0.6 is 0 Å². The zero-order valence-corrected chi connectivity index (χ0v) is 16.0. The van der Waals surface area contributed by atoms with Gasteiger partial charge in [0.2, 0.25) is 11.8 Å². The van der Waals surface area contributed by atoms with Crippen molar-refractivity contribution in [3.8, 4) is 5.69 Å². The van der Waals surface area contributed by atoms with Crippen LogP contribution < -0.4 is 5.32 Å². The molecule has 146 valence electrons. The van der Waals surface area contributed by atoms with Crippen LogP contribution in [0.5, 0.6) is 0 Å². The Morgan fingerprint density at radius 2 is 1.97 bits per heavy atom. The lowest BCUT2D eigenvalue weighted by Gasteiger charge is -2.12. The van der Waals surface area contributed by atoms with Crippen LogP contribution in [0.1, 0.15) is 30.1 Å². The van der Waals surface area contributed by atoms with Crippen molar-refractivity contribution in [1.29, 1.82) is 0 Å². The van der Waals surface area contributed by atoms with E-state index in [4.69, 9.17) is 4.42 Å². The van der Waals surface area contributed by atoms with E-state index in [9.17, 15) is 9.18 Å². The Morgan fingerprint density at radius 3 is 2.72 bits per heavy atom. The lowest BCUT2D eigenvalue weighted by atomic mass is 10.1. The Kier molecular flexibility index (Phi) is 4.95. The van der Waals surface area contributed by atoms with E-state index in [0.29, 0.717) is 11.5 Å². The number of nitrogens with one attached hydrogen (secondary N) is 1. The summed E-state index contributed by atoms with van der Waals surface area (Å²) >= 11 is 0. The molecule has 0 spiro atoms. The molecule has 0 aliphatic rings. The van der Waals surface area contributed by atoms with E-state index in [-0.39, 0.29) is 17.8 Å². The zero-order valence-electron chi connectivity index (χ0n) is 16.0. The highest BCUT2D eigenvalue weighted by Crippen LogP contribution is 2.20. The van der Waals surface area contributed by atoms with Crippen LogP contribution in [0.25, 0.3) is 22.9 Å². The summed E-state index contributed by atoms with van der Waals surface area (Å²) in [5.74, 6) is -0.201. The highest BCUT2D eigenvalue weighted by Gasteiger charge is 2.15. The summed E-state index contributed by atoms with van der Waals surface area (Å²) in [7, 11) is 0. The maximum atomic E-state index is 13.1. The van der Waals surface area contributed by atoms with Gasteiger partial charge in [0.15, 0.2) is 5.58 Å². The van der Waals surface area contributed by atoms with Crippen LogP contribution in [0.4, 0.5) is 4.39 Å². The number of oxazole rings is 1. The molecule has 0 radical (unpaired) electrons. The van der Waals surface area contributed by atoms with Gasteiger partial charge in [-0.1, -0.05) is 12.1 Å². The normalized spacial score (nSPS) is 12.5. The van der Waals surface area contributed by atoms with Gasteiger partial charge in [0.05, 0.1) is 17.9 Å². The van der Waals surface area contributed by atoms with E-state index in [0.717, 1.165) is 22.5 Å². The number of nitrogens with zero attached hydrogens (tertiary/aromatic N) is 3. The van der Waals surface area contributed by atoms with Crippen LogP contribution in [0.15, 0.2) is 65.2 Å². The van der Waals surface area contributed by atoms with E-state index < -0.39 is 0 Å². The molecule has 0 bridgehead atoms. The maximum absolute atomic E-state index is 13.1. The molecule has 0 aliphatic heterocycles. The molecule has 1 N–H and O–H groups in total. The molecule has 0 saturated heterocycles. The summed E-state index contributed by atoms with van der Waals surface area (Å²) in [6.07, 6.45) is 4.63. The third kappa shape index (κ3) is 3.94. The summed E-state index contributed by atoms with van der Waals surface area (Å²) in [5.41, 5.74) is 3.91. The minimum Gasteiger partial charge on any atom is -0.437 e. The van der Waals surface area contributed by atoms with Crippen LogP contribution in [0.2, 0.25) is 0 Å². The summed E-state index contributed by atoms with van der Waals surface area (Å²) in [6, 6.07) is 13.2. The number of fused-ring (bicyclic) bond motifs is 1. The quantitative estimate of drug-likeness (QED) is 0.514. The number of benzene rings is 2. The summed E-state index contributed by atoms with van der Waals surface area (Å²) < 4.78 is 20.4. The van der Waals surface area contributed by atoms with Crippen LogP contribution in [-0.2, 0) is 4.79 Å². The molecule has 1 atom stereocenters. The Morgan fingerprint density at radius 1 is 1.21 bits per heavy atom. The van der Waals surface area contributed by atoms with Gasteiger partial charge in [-0.3, -0.25) is 4.79 Å². The van der Waals surface area contributed by atoms with Crippen LogP contribution in [0.3, 0.4) is 0 Å². The van der Waals surface area contributed by atoms with E-state index in [1.807, 2.05) is 38.1 Å². The summed E-state index contributed by atoms with van der Waals surface area (Å²) in [5, 5.41) is 7.27. The molecule has 0 fully saturated rings. The second-order valence-corrected chi connectivity index (χ2v) is 6.66. The van der Waals surface area contributed by atoms with Gasteiger partial charge in [-0.15, -0.1) is 0 Å². The Bertz CT molecular complexity index is 1160. The van der Waals surface area contributed by atoms with Gasteiger partial charge in [0.1, 0.15) is 11.3 Å². The standard InChI is InChI=1S/C22H19FN4O2/c1-14(18-13-24-27(15(18)2)17-9-7-16(23)8-10-17)25-21(28)11-12-22-26-19-5-3-4-6-20(19)29-22/h3-14H,1-2H3,(H,25,28)/b12-11+. The van der Waals surface area contributed by atoms with Gasteiger partial charge in [0, 0.05) is 23.4 Å². The largest absolute Gasteiger partial charge is 0.437 e. The molecular formula is C22H19FN4O2. The number of carbonyl (C=O) groups excluding carboxylic acids is 1. The lowest BCUT2D eigenvalue weighted by molar-refractivity contribution is -0.117. The van der Waals surface area contributed by atoms with Crippen LogP contribution in [0, 0.1) is 12.7 Å². The molecule has 0 aliphatic carbocycles. The second-order valence-electron chi connectivity index (χ2n) is 6.66. The third-order valence-corrected chi connectivity index (χ3v) is 4.63. The van der Waals surface area contributed by atoms with Crippen molar-refractivity contribution in [2.75, 3.05) is 0 Å². The Hall–Kier alpha value is -3.74. The molecule has 1 amide bonds. The van der Waals surface area contributed by atoms with Crippen molar-refractivity contribution in [3.05, 3.63) is 83.8 Å². The molecule has 4 rings (SSSR count). The predicted octanol–water partition coefficient (Wildman–Crippen LogP) is 4.35. The molecule has 7 heteroatoms. The first kappa shape index (κ1) is 18.6. The fourth-order valence-corrected chi connectivity index (χ4v) is 3.14. The molecular weight excluding hydrogens is 371 g/mol. The number of halogens is 1. The SMILES string of the molecule is Cc1c(C(C)NC(=O)/C=C/c2nc3ccccc3o2)cnn1-c1ccc(F)cc1. The number of carbonyl (C=O) groups is 1. The first-order valence-electron chi connectivity index (χ1n) is 9.16. The summed E-state index contributed by atoms with van der Waals surface area (Å²) in [6.45, 7) is 3.78. The van der Waals surface area contributed by atoms with Gasteiger partial charge >= 0.3 is 0 Å². The monoisotopic (exact) mass is 390 g/mol. The summed E-state index contributed by atoms with van der Waals surface area (Å²) in [4.78, 5) is 16.6. The van der Waals surface area contributed by atoms with Crippen molar-refractivity contribution < 1.29 is 13.6 Å². The predicted molar refractivity (Wildman–Crippen MR) is 108 cm³/mol. The number of hydrogen-bond acceptors (Lipinski definition) is 4. The number of hydrogen-bond donors (Lipinski definition) is 1. The fourth-order valence-electron chi connectivity index (χ4n) is 3.14. The van der Waals surface area contributed by atoms with E-state index in [2.05, 4.69) is 15.4 Å². The highest BCUT2D eigenvalue weighted by atomic mass is 19.1. The Balaban J connectivity index is 1.45. The number of para-hydroxylation sites is 2. The van der Waals surface area contributed by atoms with Crippen LogP contribution in [-0.4, -0.2) is 20.7 Å². The van der Waals surface area contributed by atoms with E-state index in [1.165, 1.54) is 24.3 Å². The highest BCUT2D eigenvalue weighted by molar-refractivity contribution is 5.91. The van der Waals surface area contributed by atoms with Gasteiger partial charge < -0.3 is 9.73 Å². The van der Waals surface area contributed by atoms with Crippen molar-refractivity contribution in [2.45, 2.75) is 19.9 Å². The molecule has 6 nitrogen and oxygen atoms in total. The van der Waals surface area contributed by atoms with E-state index in [1.54, 1.807) is 23.0 Å². The zero-order chi connectivity index (χ0) is 20.4. The minimum absolute atomic E-state index is 0.259. The first-order valence-corrected chi connectivity index (χ1v) is 9.16. The number of amides is 1. The maximum Gasteiger partial charge on any atom is 0.244 e. The smallest absolute Gasteiger partial charge is 0.244 e. The third-order valence-electron chi connectivity index (χ3n) is 4.63. The van der Waals surface area contributed by atoms with Gasteiger partial charge in [0.25, 0.3) is 0 Å². The Labute approximate surface area is 166 Å². The molecule has 29 heavy (non-hydrogen) atoms. The lowest BCUT2D eigenvalue weighted by Crippen LogP contribution is -2.25. The van der Waals surface area contributed by atoms with Crippen molar-refractivity contribution in [2.24, 2.45) is 0 Å². The average molecular weight is 390 g/mol. The van der Waals surface area contributed by atoms with Crippen molar-refractivity contribution in [1.82, 2.24) is 20.1 Å². The first-order chi connectivity index (χ1) is 14.0. The number of rotatable bonds is 5. The van der Waals surface area contributed by atoms with Gasteiger partial charge in [-0.05, 0) is 50.2 Å². The molecule has 0 saturated carbocycles. The van der Waals surface area contributed by atoms with Gasteiger partial charge in [-0.25, -0.2) is 14.1 Å². The minimum atomic E-state index is -0.301. The average Bonchev–Trinajstić information content (AvgIpc) is 3.30. The topological polar surface area (TPSA) is 73.0 Å². The number of aromatic nitrogens is 3. The van der Waals surface area contributed by atoms with Crippen molar-refractivity contribution >= 4 is 23.1 Å². The second kappa shape index (κ2) is 7.71. The van der Waals surface area contributed by atoms with Crippen molar-refractivity contribution in [3.63, 3.8) is 0 Å². The molecule has 1 unspecified atom stereocenters.